The monoisotopic (exact) mass is 379 g/mol. The molecule has 0 aromatic heterocycles. The van der Waals surface area contributed by atoms with Crippen molar-refractivity contribution in [2.75, 3.05) is 25.0 Å². The molecule has 0 spiro atoms. The average molecular weight is 380 g/mol. The number of rotatable bonds is 7. The van der Waals surface area contributed by atoms with Crippen LogP contribution in [0.15, 0.2) is 54.6 Å². The summed E-state index contributed by atoms with van der Waals surface area (Å²) in [6.07, 6.45) is 3.05. The molecule has 0 aliphatic carbocycles. The molecule has 0 saturated carbocycles. The Hall–Kier alpha value is -2.66. The molecule has 0 bridgehead atoms. The van der Waals surface area contributed by atoms with Crippen molar-refractivity contribution in [3.63, 3.8) is 0 Å². The molecule has 0 atom stereocenters. The van der Waals surface area contributed by atoms with Crippen LogP contribution in [0.4, 0.5) is 5.69 Å². The number of aryl methyl sites for hydroxylation is 2. The smallest absolute Gasteiger partial charge is 0.238 e. The van der Waals surface area contributed by atoms with E-state index in [0.29, 0.717) is 13.0 Å². The molecule has 148 valence electrons. The molecular formula is C23H29N3O2. The van der Waals surface area contributed by atoms with Crippen LogP contribution >= 0.6 is 0 Å². The first-order chi connectivity index (χ1) is 13.6. The van der Waals surface area contributed by atoms with Gasteiger partial charge >= 0.3 is 0 Å². The summed E-state index contributed by atoms with van der Waals surface area (Å²) in [5, 5.41) is 6.07. The van der Waals surface area contributed by atoms with Crippen LogP contribution in [0.5, 0.6) is 0 Å². The van der Waals surface area contributed by atoms with Crippen LogP contribution in [0.2, 0.25) is 0 Å². The number of carbonyl (C=O) groups is 2. The summed E-state index contributed by atoms with van der Waals surface area (Å²) < 4.78 is 0. The second kappa shape index (κ2) is 10.0. The molecule has 5 nitrogen and oxygen atoms in total. The topological polar surface area (TPSA) is 61.4 Å². The fraction of sp³-hybridized carbons (Fsp3) is 0.391. The predicted molar refractivity (Wildman–Crippen MR) is 112 cm³/mol. The van der Waals surface area contributed by atoms with E-state index in [-0.39, 0.29) is 17.9 Å². The first-order valence-electron chi connectivity index (χ1n) is 10.0. The number of piperidine rings is 1. The Morgan fingerprint density at radius 1 is 1.00 bits per heavy atom. The Kier molecular flexibility index (Phi) is 7.20. The van der Waals surface area contributed by atoms with Crippen molar-refractivity contribution in [3.05, 3.63) is 65.7 Å². The fourth-order valence-corrected chi connectivity index (χ4v) is 3.59. The van der Waals surface area contributed by atoms with E-state index in [9.17, 15) is 9.59 Å². The number of nitrogens with zero attached hydrogens (tertiary/aromatic N) is 1. The third-order valence-corrected chi connectivity index (χ3v) is 5.10. The van der Waals surface area contributed by atoms with Gasteiger partial charge in [0.1, 0.15) is 0 Å². The normalized spacial score (nSPS) is 15.2. The number of hydrogen-bond donors (Lipinski definition) is 2. The third kappa shape index (κ3) is 6.50. The Morgan fingerprint density at radius 2 is 1.75 bits per heavy atom. The lowest BCUT2D eigenvalue weighted by molar-refractivity contribution is -0.122. The second-order valence-electron chi connectivity index (χ2n) is 7.52. The second-order valence-corrected chi connectivity index (χ2v) is 7.52. The third-order valence-electron chi connectivity index (χ3n) is 5.10. The molecule has 0 unspecified atom stereocenters. The maximum Gasteiger partial charge on any atom is 0.238 e. The summed E-state index contributed by atoms with van der Waals surface area (Å²) in [7, 11) is 0. The number of benzene rings is 2. The highest BCUT2D eigenvalue weighted by atomic mass is 16.2. The Labute approximate surface area is 167 Å². The maximum absolute atomic E-state index is 12.2. The molecule has 1 aliphatic rings. The van der Waals surface area contributed by atoms with Gasteiger partial charge in [-0.2, -0.15) is 0 Å². The average Bonchev–Trinajstić information content (AvgIpc) is 2.69. The summed E-state index contributed by atoms with van der Waals surface area (Å²) in [6.45, 7) is 4.11. The molecule has 2 aromatic rings. The van der Waals surface area contributed by atoms with E-state index < -0.39 is 0 Å². The van der Waals surface area contributed by atoms with E-state index >= 15 is 0 Å². The minimum atomic E-state index is 0.00633. The van der Waals surface area contributed by atoms with Gasteiger partial charge in [-0.3, -0.25) is 14.5 Å². The number of likely N-dealkylation sites (tertiary alicyclic amines) is 1. The van der Waals surface area contributed by atoms with Crippen LogP contribution in [-0.2, 0) is 16.0 Å². The van der Waals surface area contributed by atoms with Crippen LogP contribution in [-0.4, -0.2) is 42.4 Å². The van der Waals surface area contributed by atoms with E-state index in [2.05, 4.69) is 40.7 Å². The SMILES string of the molecule is Cc1cccc(CCC(=O)NC2CCN(CC(=O)Nc3ccccc3)CC2)c1. The van der Waals surface area contributed by atoms with Gasteiger partial charge in [0.05, 0.1) is 6.54 Å². The summed E-state index contributed by atoms with van der Waals surface area (Å²) >= 11 is 0. The first kappa shape index (κ1) is 20.1. The highest BCUT2D eigenvalue weighted by Gasteiger charge is 2.22. The van der Waals surface area contributed by atoms with Crippen LogP contribution in [0, 0.1) is 6.92 Å². The van der Waals surface area contributed by atoms with Crippen LogP contribution in [0.3, 0.4) is 0 Å². The zero-order valence-corrected chi connectivity index (χ0v) is 16.5. The van der Waals surface area contributed by atoms with E-state index in [1.165, 1.54) is 11.1 Å². The summed E-state index contributed by atoms with van der Waals surface area (Å²) in [6, 6.07) is 18.0. The van der Waals surface area contributed by atoms with E-state index in [1.807, 2.05) is 36.4 Å². The molecule has 28 heavy (non-hydrogen) atoms. The molecule has 1 fully saturated rings. The number of amides is 2. The van der Waals surface area contributed by atoms with Crippen molar-refractivity contribution in [1.82, 2.24) is 10.2 Å². The Morgan fingerprint density at radius 3 is 2.46 bits per heavy atom. The van der Waals surface area contributed by atoms with Gasteiger partial charge in [0.25, 0.3) is 0 Å². The lowest BCUT2D eigenvalue weighted by Crippen LogP contribution is -2.46. The predicted octanol–water partition coefficient (Wildman–Crippen LogP) is 3.15. The molecule has 2 N–H and O–H groups in total. The number of nitrogens with one attached hydrogen (secondary N) is 2. The van der Waals surface area contributed by atoms with Gasteiger partial charge in [-0.1, -0.05) is 48.0 Å². The summed E-state index contributed by atoms with van der Waals surface area (Å²) in [5.41, 5.74) is 3.25. The highest BCUT2D eigenvalue weighted by Crippen LogP contribution is 2.12. The van der Waals surface area contributed by atoms with Gasteiger partial charge in [0.15, 0.2) is 0 Å². The van der Waals surface area contributed by atoms with Gasteiger partial charge in [-0.15, -0.1) is 0 Å². The van der Waals surface area contributed by atoms with Crippen molar-refractivity contribution in [2.45, 2.75) is 38.6 Å². The van der Waals surface area contributed by atoms with Gasteiger partial charge in [-0.05, 0) is 43.9 Å². The molecule has 1 aliphatic heterocycles. The lowest BCUT2D eigenvalue weighted by atomic mass is 10.0. The lowest BCUT2D eigenvalue weighted by Gasteiger charge is -2.31. The maximum atomic E-state index is 12.2. The molecule has 2 aromatic carbocycles. The van der Waals surface area contributed by atoms with Gasteiger partial charge in [-0.25, -0.2) is 0 Å². The largest absolute Gasteiger partial charge is 0.353 e. The molecule has 3 rings (SSSR count). The summed E-state index contributed by atoms with van der Waals surface area (Å²) in [5.74, 6) is 0.119. The molecule has 1 heterocycles. The summed E-state index contributed by atoms with van der Waals surface area (Å²) in [4.78, 5) is 26.6. The minimum absolute atomic E-state index is 0.00633. The van der Waals surface area contributed by atoms with Crippen molar-refractivity contribution in [1.29, 1.82) is 0 Å². The fourth-order valence-electron chi connectivity index (χ4n) is 3.59. The van der Waals surface area contributed by atoms with Crippen molar-refractivity contribution < 1.29 is 9.59 Å². The molecule has 0 radical (unpaired) electrons. The van der Waals surface area contributed by atoms with Crippen molar-refractivity contribution in [2.24, 2.45) is 0 Å². The zero-order chi connectivity index (χ0) is 19.8. The van der Waals surface area contributed by atoms with Gasteiger partial charge in [0.2, 0.25) is 11.8 Å². The first-order valence-corrected chi connectivity index (χ1v) is 10.0. The van der Waals surface area contributed by atoms with Crippen LogP contribution in [0.25, 0.3) is 0 Å². The molecule has 1 saturated heterocycles. The Balaban J connectivity index is 1.34. The van der Waals surface area contributed by atoms with Gasteiger partial charge < -0.3 is 10.6 Å². The molecular weight excluding hydrogens is 350 g/mol. The molecule has 5 heteroatoms. The van der Waals surface area contributed by atoms with Crippen LogP contribution in [0.1, 0.15) is 30.4 Å². The highest BCUT2D eigenvalue weighted by molar-refractivity contribution is 5.92. The van der Waals surface area contributed by atoms with E-state index in [4.69, 9.17) is 0 Å². The quantitative estimate of drug-likeness (QED) is 0.777. The Bertz CT molecular complexity index is 783. The minimum Gasteiger partial charge on any atom is -0.353 e. The standard InChI is InChI=1S/C23H29N3O2/c1-18-6-5-7-19(16-18)10-11-22(27)24-21-12-14-26(15-13-21)17-23(28)25-20-8-3-2-4-9-20/h2-9,16,21H,10-15,17H2,1H3,(H,24,27)(H,25,28). The van der Waals surface area contributed by atoms with Gasteiger partial charge in [0, 0.05) is 31.2 Å². The zero-order valence-electron chi connectivity index (χ0n) is 16.5. The number of anilines is 1. The number of para-hydroxylation sites is 1. The van der Waals surface area contributed by atoms with E-state index in [1.54, 1.807) is 0 Å². The van der Waals surface area contributed by atoms with Crippen molar-refractivity contribution in [3.8, 4) is 0 Å². The number of carbonyl (C=O) groups excluding carboxylic acids is 2. The van der Waals surface area contributed by atoms with Crippen molar-refractivity contribution >= 4 is 17.5 Å². The number of hydrogen-bond acceptors (Lipinski definition) is 3. The molecule has 2 amide bonds. The van der Waals surface area contributed by atoms with Crippen LogP contribution < -0.4 is 10.6 Å². The van der Waals surface area contributed by atoms with E-state index in [0.717, 1.165) is 38.0 Å².